The SMILES string of the molecule is O=C(NCc1ccc(F)cc1C(F)(F)F)c1cc(Br)ccc1F. The van der Waals surface area contributed by atoms with E-state index in [-0.39, 0.29) is 11.1 Å². The Labute approximate surface area is 136 Å². The summed E-state index contributed by atoms with van der Waals surface area (Å²) in [4.78, 5) is 11.9. The van der Waals surface area contributed by atoms with Crippen molar-refractivity contribution in [3.63, 3.8) is 0 Å². The molecule has 0 heterocycles. The number of amides is 1. The summed E-state index contributed by atoms with van der Waals surface area (Å²) in [5.74, 6) is -2.72. The van der Waals surface area contributed by atoms with Crippen LogP contribution in [0.15, 0.2) is 40.9 Å². The summed E-state index contributed by atoms with van der Waals surface area (Å²) >= 11 is 3.07. The highest BCUT2D eigenvalue weighted by Crippen LogP contribution is 2.32. The second-order valence-corrected chi connectivity index (χ2v) is 5.52. The van der Waals surface area contributed by atoms with E-state index in [2.05, 4.69) is 21.2 Å². The third kappa shape index (κ3) is 4.28. The molecule has 122 valence electrons. The van der Waals surface area contributed by atoms with Crippen molar-refractivity contribution in [3.8, 4) is 0 Å². The van der Waals surface area contributed by atoms with Crippen LogP contribution in [0.4, 0.5) is 22.0 Å². The minimum Gasteiger partial charge on any atom is -0.348 e. The van der Waals surface area contributed by atoms with Crippen molar-refractivity contribution in [2.24, 2.45) is 0 Å². The van der Waals surface area contributed by atoms with Gasteiger partial charge in [0.2, 0.25) is 0 Å². The third-order valence-corrected chi connectivity index (χ3v) is 3.48. The molecule has 1 N–H and O–H groups in total. The normalized spacial score (nSPS) is 11.4. The molecule has 0 radical (unpaired) electrons. The lowest BCUT2D eigenvalue weighted by molar-refractivity contribution is -0.138. The molecule has 0 saturated heterocycles. The van der Waals surface area contributed by atoms with Crippen molar-refractivity contribution in [3.05, 3.63) is 69.2 Å². The molecule has 2 rings (SSSR count). The minimum absolute atomic E-state index is 0.310. The molecular weight excluding hydrogens is 385 g/mol. The number of alkyl halides is 3. The third-order valence-electron chi connectivity index (χ3n) is 2.99. The van der Waals surface area contributed by atoms with Crippen molar-refractivity contribution < 1.29 is 26.7 Å². The second-order valence-electron chi connectivity index (χ2n) is 4.61. The van der Waals surface area contributed by atoms with E-state index in [0.29, 0.717) is 10.5 Å². The van der Waals surface area contributed by atoms with Gasteiger partial charge in [-0.15, -0.1) is 0 Å². The Hall–Kier alpha value is -1.96. The van der Waals surface area contributed by atoms with E-state index in [1.165, 1.54) is 12.1 Å². The molecule has 2 nitrogen and oxygen atoms in total. The molecule has 2 aromatic carbocycles. The Morgan fingerprint density at radius 3 is 2.43 bits per heavy atom. The summed E-state index contributed by atoms with van der Waals surface area (Å²) in [5, 5.41) is 2.19. The molecule has 0 bridgehead atoms. The molecule has 0 aliphatic carbocycles. The first-order chi connectivity index (χ1) is 10.7. The van der Waals surface area contributed by atoms with Gasteiger partial charge in [0.25, 0.3) is 5.91 Å². The highest BCUT2D eigenvalue weighted by molar-refractivity contribution is 9.10. The van der Waals surface area contributed by atoms with Crippen LogP contribution in [0.5, 0.6) is 0 Å². The molecule has 23 heavy (non-hydrogen) atoms. The fourth-order valence-corrected chi connectivity index (χ4v) is 2.27. The van der Waals surface area contributed by atoms with Crippen LogP contribution < -0.4 is 5.32 Å². The van der Waals surface area contributed by atoms with Crippen LogP contribution in [0.1, 0.15) is 21.5 Å². The molecule has 0 aromatic heterocycles. The molecule has 0 atom stereocenters. The van der Waals surface area contributed by atoms with Crippen molar-refractivity contribution in [1.82, 2.24) is 5.32 Å². The van der Waals surface area contributed by atoms with E-state index in [1.54, 1.807) is 0 Å². The molecular formula is C15H9BrF5NO. The Balaban J connectivity index is 2.21. The quantitative estimate of drug-likeness (QED) is 0.753. The van der Waals surface area contributed by atoms with E-state index < -0.39 is 35.8 Å². The number of carbonyl (C=O) groups is 1. The summed E-state index contributed by atoms with van der Waals surface area (Å²) < 4.78 is 65.5. The van der Waals surface area contributed by atoms with Crippen LogP contribution in [0.3, 0.4) is 0 Å². The molecule has 2 aromatic rings. The number of hydrogen-bond donors (Lipinski definition) is 1. The molecule has 0 aliphatic rings. The predicted octanol–water partition coefficient (Wildman–Crippen LogP) is 4.68. The molecule has 0 spiro atoms. The molecule has 0 aliphatic heterocycles. The van der Waals surface area contributed by atoms with Crippen molar-refractivity contribution >= 4 is 21.8 Å². The van der Waals surface area contributed by atoms with Crippen LogP contribution >= 0.6 is 15.9 Å². The number of hydrogen-bond acceptors (Lipinski definition) is 1. The van der Waals surface area contributed by atoms with Crippen molar-refractivity contribution in [1.29, 1.82) is 0 Å². The molecule has 0 saturated carbocycles. The van der Waals surface area contributed by atoms with Gasteiger partial charge in [-0.05, 0) is 35.9 Å². The summed E-state index contributed by atoms with van der Waals surface area (Å²) in [6.07, 6.45) is -4.76. The van der Waals surface area contributed by atoms with Crippen LogP contribution in [0, 0.1) is 11.6 Å². The van der Waals surface area contributed by atoms with Gasteiger partial charge in [-0.2, -0.15) is 13.2 Å². The van der Waals surface area contributed by atoms with Crippen molar-refractivity contribution in [2.45, 2.75) is 12.7 Å². The first kappa shape index (κ1) is 17.4. The lowest BCUT2D eigenvalue weighted by Crippen LogP contribution is -2.25. The van der Waals surface area contributed by atoms with Gasteiger partial charge in [0, 0.05) is 11.0 Å². The summed E-state index contributed by atoms with van der Waals surface area (Å²) in [5.41, 5.74) is -1.81. The number of nitrogens with one attached hydrogen (secondary N) is 1. The zero-order valence-corrected chi connectivity index (χ0v) is 12.9. The van der Waals surface area contributed by atoms with Crippen molar-refractivity contribution in [2.75, 3.05) is 0 Å². The Morgan fingerprint density at radius 2 is 1.78 bits per heavy atom. The maximum atomic E-state index is 13.6. The average molecular weight is 394 g/mol. The van der Waals surface area contributed by atoms with E-state index in [1.807, 2.05) is 0 Å². The fraction of sp³-hybridized carbons (Fsp3) is 0.133. The highest BCUT2D eigenvalue weighted by atomic mass is 79.9. The standard InChI is InChI=1S/C15H9BrF5NO/c16-9-2-4-13(18)11(5-9)14(23)22-7-8-1-3-10(17)6-12(8)15(19,20)21/h1-6H,7H2,(H,22,23). The van der Waals surface area contributed by atoms with E-state index >= 15 is 0 Å². The fourth-order valence-electron chi connectivity index (χ4n) is 1.91. The van der Waals surface area contributed by atoms with Crippen LogP contribution in [-0.4, -0.2) is 5.91 Å². The maximum Gasteiger partial charge on any atom is 0.416 e. The zero-order valence-electron chi connectivity index (χ0n) is 11.3. The van der Waals surface area contributed by atoms with E-state index in [0.717, 1.165) is 18.2 Å². The Bertz CT molecular complexity index is 745. The molecule has 1 amide bonds. The summed E-state index contributed by atoms with van der Waals surface area (Å²) in [7, 11) is 0. The number of rotatable bonds is 3. The van der Waals surface area contributed by atoms with Gasteiger partial charge < -0.3 is 5.32 Å². The molecule has 0 unspecified atom stereocenters. The second kappa shape index (κ2) is 6.66. The van der Waals surface area contributed by atoms with Crippen LogP contribution in [0.25, 0.3) is 0 Å². The highest BCUT2D eigenvalue weighted by Gasteiger charge is 2.33. The maximum absolute atomic E-state index is 13.6. The van der Waals surface area contributed by atoms with Gasteiger partial charge in [-0.3, -0.25) is 4.79 Å². The number of benzene rings is 2. The van der Waals surface area contributed by atoms with Gasteiger partial charge in [-0.1, -0.05) is 22.0 Å². The summed E-state index contributed by atoms with van der Waals surface area (Å²) in [6, 6.07) is 5.78. The monoisotopic (exact) mass is 393 g/mol. The zero-order chi connectivity index (χ0) is 17.2. The predicted molar refractivity (Wildman–Crippen MR) is 76.7 cm³/mol. The van der Waals surface area contributed by atoms with Gasteiger partial charge >= 0.3 is 6.18 Å². The molecule has 8 heteroatoms. The smallest absolute Gasteiger partial charge is 0.348 e. The number of halogens is 6. The van der Waals surface area contributed by atoms with E-state index in [4.69, 9.17) is 0 Å². The minimum atomic E-state index is -4.76. The lowest BCUT2D eigenvalue weighted by atomic mass is 10.1. The van der Waals surface area contributed by atoms with E-state index in [9.17, 15) is 26.7 Å². The van der Waals surface area contributed by atoms with Crippen LogP contribution in [0.2, 0.25) is 0 Å². The first-order valence-electron chi connectivity index (χ1n) is 6.27. The Kier molecular flexibility index (Phi) is 5.03. The topological polar surface area (TPSA) is 29.1 Å². The number of carbonyl (C=O) groups excluding carboxylic acids is 1. The largest absolute Gasteiger partial charge is 0.416 e. The summed E-state index contributed by atoms with van der Waals surface area (Å²) in [6.45, 7) is -0.514. The lowest BCUT2D eigenvalue weighted by Gasteiger charge is -2.14. The molecule has 0 fully saturated rings. The van der Waals surface area contributed by atoms with Gasteiger partial charge in [-0.25, -0.2) is 8.78 Å². The van der Waals surface area contributed by atoms with Crippen LogP contribution in [-0.2, 0) is 12.7 Å². The van der Waals surface area contributed by atoms with Gasteiger partial charge in [0.05, 0.1) is 11.1 Å². The average Bonchev–Trinajstić information content (AvgIpc) is 2.47. The van der Waals surface area contributed by atoms with Gasteiger partial charge in [0.15, 0.2) is 0 Å². The first-order valence-corrected chi connectivity index (χ1v) is 7.06. The van der Waals surface area contributed by atoms with Gasteiger partial charge in [0.1, 0.15) is 11.6 Å². The Morgan fingerprint density at radius 1 is 1.09 bits per heavy atom.